The Balaban J connectivity index is 2.38. The van der Waals surface area contributed by atoms with Gasteiger partial charge >= 0.3 is 0 Å². The molecular weight excluding hydrogens is 332 g/mol. The van der Waals surface area contributed by atoms with Gasteiger partial charge in [0.25, 0.3) is 11.8 Å². The molecule has 0 radical (unpaired) electrons. The summed E-state index contributed by atoms with van der Waals surface area (Å²) in [4.78, 5) is 34.0. The molecule has 2 amide bonds. The van der Waals surface area contributed by atoms with E-state index in [0.29, 0.717) is 5.02 Å². The molecule has 1 aliphatic rings. The van der Waals surface area contributed by atoms with Crippen LogP contribution in [-0.2, 0) is 14.4 Å². The smallest absolute Gasteiger partial charge is 0.263 e. The van der Waals surface area contributed by atoms with Gasteiger partial charge in [0.05, 0.1) is 5.97 Å². The summed E-state index contributed by atoms with van der Waals surface area (Å²) in [7, 11) is 0. The number of ether oxygens (including phenoxy) is 1. The average Bonchev–Trinajstić information content (AvgIpc) is 2.41. The summed E-state index contributed by atoms with van der Waals surface area (Å²) in [6.45, 7) is -0.680. The molecule has 1 heterocycles. The molecule has 2 N–H and O–H groups in total. The summed E-state index contributed by atoms with van der Waals surface area (Å²) in [6, 6.07) is 4.32. The molecule has 0 bridgehead atoms. The Morgan fingerprint density at radius 3 is 2.55 bits per heavy atom. The summed E-state index contributed by atoms with van der Waals surface area (Å²) in [5.74, 6) is -2.64. The zero-order chi connectivity index (χ0) is 16.3. The SMILES string of the molecule is O=C([O-])COc1ccc(Cl)cc1C=C1C(=O)NC(=S)NC1=O. The van der Waals surface area contributed by atoms with E-state index in [4.69, 9.17) is 16.3 Å². The molecule has 0 atom stereocenters. The van der Waals surface area contributed by atoms with E-state index in [9.17, 15) is 19.5 Å². The third kappa shape index (κ3) is 3.80. The number of amides is 2. The minimum Gasteiger partial charge on any atom is -0.546 e. The minimum atomic E-state index is -1.41. The molecule has 1 aromatic rings. The third-order valence-corrected chi connectivity index (χ3v) is 3.00. The Labute approximate surface area is 134 Å². The van der Waals surface area contributed by atoms with Gasteiger partial charge in [-0.1, -0.05) is 11.6 Å². The lowest BCUT2D eigenvalue weighted by atomic mass is 10.1. The van der Waals surface area contributed by atoms with Crippen LogP contribution in [0.2, 0.25) is 5.02 Å². The Hall–Kier alpha value is -2.45. The largest absolute Gasteiger partial charge is 0.546 e. The first-order valence-electron chi connectivity index (χ1n) is 5.87. The lowest BCUT2D eigenvalue weighted by molar-refractivity contribution is -0.307. The van der Waals surface area contributed by atoms with Crippen LogP contribution in [0.5, 0.6) is 5.75 Å². The zero-order valence-electron chi connectivity index (χ0n) is 10.8. The number of thiocarbonyl (C=S) groups is 1. The van der Waals surface area contributed by atoms with Crippen molar-refractivity contribution < 1.29 is 24.2 Å². The van der Waals surface area contributed by atoms with Crippen LogP contribution in [0.4, 0.5) is 0 Å². The molecule has 22 heavy (non-hydrogen) atoms. The average molecular weight is 340 g/mol. The van der Waals surface area contributed by atoms with E-state index < -0.39 is 24.4 Å². The maximum absolute atomic E-state index is 11.8. The first-order valence-corrected chi connectivity index (χ1v) is 6.66. The maximum atomic E-state index is 11.8. The van der Waals surface area contributed by atoms with Crippen LogP contribution in [-0.4, -0.2) is 29.5 Å². The number of carbonyl (C=O) groups is 3. The number of rotatable bonds is 4. The standard InChI is InChI=1S/C13H9ClN2O5S/c14-7-1-2-9(21-5-10(17)18)6(3-7)4-8-11(19)15-13(22)16-12(8)20/h1-4H,5H2,(H,17,18)(H2,15,16,19,20,22)/p-1. The van der Waals surface area contributed by atoms with E-state index in [1.54, 1.807) is 0 Å². The van der Waals surface area contributed by atoms with Crippen LogP contribution >= 0.6 is 23.8 Å². The molecule has 7 nitrogen and oxygen atoms in total. The quantitative estimate of drug-likeness (QED) is 0.430. The highest BCUT2D eigenvalue weighted by Gasteiger charge is 2.26. The summed E-state index contributed by atoms with van der Waals surface area (Å²) in [6.07, 6.45) is 1.23. The van der Waals surface area contributed by atoms with Crippen molar-refractivity contribution >= 4 is 52.8 Å². The molecule has 114 valence electrons. The Morgan fingerprint density at radius 2 is 1.95 bits per heavy atom. The van der Waals surface area contributed by atoms with Crippen LogP contribution < -0.4 is 20.5 Å². The lowest BCUT2D eigenvalue weighted by Crippen LogP contribution is -2.51. The molecule has 0 aromatic heterocycles. The number of aliphatic carboxylic acids is 1. The van der Waals surface area contributed by atoms with Gasteiger partial charge < -0.3 is 14.6 Å². The van der Waals surface area contributed by atoms with Crippen molar-refractivity contribution in [3.63, 3.8) is 0 Å². The Bertz CT molecular complexity index is 694. The molecule has 0 unspecified atom stereocenters. The molecule has 1 aromatic carbocycles. The number of hydrogen-bond acceptors (Lipinski definition) is 6. The fourth-order valence-corrected chi connectivity index (χ4v) is 2.03. The van der Waals surface area contributed by atoms with Gasteiger partial charge in [-0.3, -0.25) is 20.2 Å². The van der Waals surface area contributed by atoms with E-state index in [1.165, 1.54) is 24.3 Å². The van der Waals surface area contributed by atoms with Gasteiger partial charge in [-0.15, -0.1) is 0 Å². The highest BCUT2D eigenvalue weighted by Crippen LogP contribution is 2.25. The monoisotopic (exact) mass is 339 g/mol. The summed E-state index contributed by atoms with van der Waals surface area (Å²) in [5.41, 5.74) is 0.0519. The van der Waals surface area contributed by atoms with E-state index in [-0.39, 0.29) is 22.0 Å². The number of halogens is 1. The molecule has 0 aliphatic carbocycles. The third-order valence-electron chi connectivity index (χ3n) is 2.56. The van der Waals surface area contributed by atoms with Gasteiger partial charge in [-0.05, 0) is 36.5 Å². The first kappa shape index (κ1) is 15.9. The zero-order valence-corrected chi connectivity index (χ0v) is 12.4. The molecule has 9 heteroatoms. The van der Waals surface area contributed by atoms with Crippen molar-refractivity contribution in [1.82, 2.24) is 10.6 Å². The van der Waals surface area contributed by atoms with Crippen LogP contribution in [0.15, 0.2) is 23.8 Å². The maximum Gasteiger partial charge on any atom is 0.263 e. The number of carboxylic acids is 1. The van der Waals surface area contributed by atoms with Gasteiger partial charge in [0, 0.05) is 10.6 Å². The molecule has 1 aliphatic heterocycles. The van der Waals surface area contributed by atoms with Crippen molar-refractivity contribution in [3.8, 4) is 5.75 Å². The van der Waals surface area contributed by atoms with Gasteiger partial charge in [0.1, 0.15) is 17.9 Å². The second-order valence-electron chi connectivity index (χ2n) is 4.14. The van der Waals surface area contributed by atoms with Crippen molar-refractivity contribution in [2.24, 2.45) is 0 Å². The first-order chi connectivity index (χ1) is 10.4. The molecule has 1 saturated heterocycles. The molecule has 0 saturated carbocycles. The predicted octanol–water partition coefficient (Wildman–Crippen LogP) is -0.617. The molecule has 1 fully saturated rings. The minimum absolute atomic E-state index is 0.0910. The lowest BCUT2D eigenvalue weighted by Gasteiger charge is -2.17. The van der Waals surface area contributed by atoms with Crippen LogP contribution in [0.25, 0.3) is 6.08 Å². The predicted molar refractivity (Wildman–Crippen MR) is 78.8 cm³/mol. The van der Waals surface area contributed by atoms with E-state index in [0.717, 1.165) is 0 Å². The highest BCUT2D eigenvalue weighted by molar-refractivity contribution is 7.80. The number of hydrogen-bond donors (Lipinski definition) is 2. The van der Waals surface area contributed by atoms with E-state index in [1.807, 2.05) is 0 Å². The second-order valence-corrected chi connectivity index (χ2v) is 4.98. The number of nitrogens with one attached hydrogen (secondary N) is 2. The molecule has 0 spiro atoms. The summed E-state index contributed by atoms with van der Waals surface area (Å²) < 4.78 is 5.03. The Kier molecular flexibility index (Phi) is 4.74. The Morgan fingerprint density at radius 1 is 1.32 bits per heavy atom. The van der Waals surface area contributed by atoms with Crippen LogP contribution in [0, 0.1) is 0 Å². The number of carbonyl (C=O) groups excluding carboxylic acids is 3. The summed E-state index contributed by atoms with van der Waals surface area (Å²) >= 11 is 10.5. The van der Waals surface area contributed by atoms with Crippen molar-refractivity contribution in [2.45, 2.75) is 0 Å². The fraction of sp³-hybridized carbons (Fsp3) is 0.0769. The highest BCUT2D eigenvalue weighted by atomic mass is 35.5. The van der Waals surface area contributed by atoms with Crippen LogP contribution in [0.1, 0.15) is 5.56 Å². The van der Waals surface area contributed by atoms with Gasteiger partial charge in [0.2, 0.25) is 0 Å². The second kappa shape index (κ2) is 6.54. The van der Waals surface area contributed by atoms with Gasteiger partial charge in [-0.2, -0.15) is 0 Å². The van der Waals surface area contributed by atoms with Crippen molar-refractivity contribution in [1.29, 1.82) is 0 Å². The van der Waals surface area contributed by atoms with Crippen molar-refractivity contribution in [2.75, 3.05) is 6.61 Å². The molecule has 2 rings (SSSR count). The number of benzene rings is 1. The van der Waals surface area contributed by atoms with Crippen molar-refractivity contribution in [3.05, 3.63) is 34.4 Å². The molecular formula is C13H8ClN2O5S-. The van der Waals surface area contributed by atoms with E-state index in [2.05, 4.69) is 22.9 Å². The van der Waals surface area contributed by atoms with Gasteiger partial charge in [0.15, 0.2) is 5.11 Å². The normalized spacial score (nSPS) is 14.2. The topological polar surface area (TPSA) is 108 Å². The number of carboxylic acid groups (broad SMARTS) is 1. The fourth-order valence-electron chi connectivity index (χ4n) is 1.66. The van der Waals surface area contributed by atoms with Gasteiger partial charge in [-0.25, -0.2) is 0 Å². The summed E-state index contributed by atoms with van der Waals surface area (Å²) in [5, 5.41) is 15.2. The van der Waals surface area contributed by atoms with E-state index >= 15 is 0 Å². The van der Waals surface area contributed by atoms with Crippen LogP contribution in [0.3, 0.4) is 0 Å².